The lowest BCUT2D eigenvalue weighted by atomic mass is 9.75. The lowest BCUT2D eigenvalue weighted by Crippen LogP contribution is -2.61. The number of rotatable bonds is 8. The van der Waals surface area contributed by atoms with Crippen LogP contribution < -0.4 is 10.6 Å². The number of nitrogens with zero attached hydrogens (tertiary/aromatic N) is 2. The van der Waals surface area contributed by atoms with Gasteiger partial charge < -0.3 is 20.3 Å². The van der Waals surface area contributed by atoms with Crippen LogP contribution in [0.5, 0.6) is 0 Å². The number of hydrogen-bond acceptors (Lipinski definition) is 4. The number of carboxylic acids is 1. The van der Waals surface area contributed by atoms with E-state index in [4.69, 9.17) is 5.11 Å². The van der Waals surface area contributed by atoms with E-state index in [1.165, 1.54) is 19.1 Å². The minimum Gasteiger partial charge on any atom is -0.478 e. The molecule has 0 bridgehead atoms. The number of fused-ring (bicyclic) bond motifs is 1. The van der Waals surface area contributed by atoms with E-state index < -0.39 is 29.2 Å². The molecule has 0 saturated heterocycles. The van der Waals surface area contributed by atoms with Crippen LogP contribution >= 0.6 is 0 Å². The molecule has 2 aliphatic rings. The summed E-state index contributed by atoms with van der Waals surface area (Å²) in [7, 11) is 1.84. The van der Waals surface area contributed by atoms with E-state index in [1.807, 2.05) is 17.7 Å². The van der Waals surface area contributed by atoms with Crippen LogP contribution in [0.4, 0.5) is 18.9 Å². The number of nitrogens with one attached hydrogen (secondary N) is 2. The monoisotopic (exact) mass is 644 g/mol. The molecule has 0 atom stereocenters. The molecule has 0 aliphatic heterocycles. The Labute approximate surface area is 269 Å². The first-order chi connectivity index (χ1) is 22.4. The number of halogens is 3. The fourth-order valence-electron chi connectivity index (χ4n) is 6.70. The van der Waals surface area contributed by atoms with E-state index in [0.717, 1.165) is 66.5 Å². The molecule has 2 fully saturated rings. The van der Waals surface area contributed by atoms with Crippen molar-refractivity contribution < 1.29 is 32.7 Å². The maximum atomic E-state index is 13.6. The molecule has 3 N–H and O–H groups in total. The number of pyridine rings is 1. The van der Waals surface area contributed by atoms with Crippen molar-refractivity contribution in [3.8, 4) is 11.4 Å². The van der Waals surface area contributed by atoms with Gasteiger partial charge in [-0.1, -0.05) is 31.0 Å². The Morgan fingerprint density at radius 3 is 2.28 bits per heavy atom. The van der Waals surface area contributed by atoms with Crippen molar-refractivity contribution in [1.82, 2.24) is 14.9 Å². The number of anilines is 1. The summed E-state index contributed by atoms with van der Waals surface area (Å²) in [5.41, 5.74) is 2.85. The molecule has 0 radical (unpaired) electrons. The first kappa shape index (κ1) is 32.0. The first-order valence-electron chi connectivity index (χ1n) is 15.7. The van der Waals surface area contributed by atoms with Crippen LogP contribution in [-0.4, -0.2) is 38.0 Å². The van der Waals surface area contributed by atoms with Gasteiger partial charge in [0.1, 0.15) is 5.54 Å². The average Bonchev–Trinajstić information content (AvgIpc) is 3.65. The Bertz CT molecular complexity index is 1880. The molecule has 2 heterocycles. The standard InChI is InChI=1S/C36H35F3N4O4/c1-21(33(45)46)18-22-8-12-26(13-9-22)41-34(47)35(16-5-17-35)42-32(44)24-10-14-27-29(19-24)43(2)31(30(27)23-6-3-4-7-23)28-15-11-25(20-40-28)36(37,38)39/h8-15,18-20,23H,3-7,16-17H2,1-2H3,(H,41,47)(H,42,44)(H,45,46)/b21-18+. The van der Waals surface area contributed by atoms with Crippen molar-refractivity contribution in [2.45, 2.75) is 69.5 Å². The predicted molar refractivity (Wildman–Crippen MR) is 173 cm³/mol. The Hall–Kier alpha value is -4.93. The number of alkyl halides is 3. The lowest BCUT2D eigenvalue weighted by Gasteiger charge is -2.40. The van der Waals surface area contributed by atoms with Gasteiger partial charge in [-0.2, -0.15) is 13.2 Å². The Balaban J connectivity index is 1.26. The number of aromatic nitrogens is 2. The normalized spacial score (nSPS) is 16.6. The molecule has 11 heteroatoms. The zero-order valence-electron chi connectivity index (χ0n) is 26.1. The second kappa shape index (κ2) is 12.4. The Morgan fingerprint density at radius 2 is 1.70 bits per heavy atom. The van der Waals surface area contributed by atoms with Gasteiger partial charge in [-0.3, -0.25) is 14.6 Å². The van der Waals surface area contributed by atoms with E-state index in [1.54, 1.807) is 36.4 Å². The number of carbonyl (C=O) groups is 3. The summed E-state index contributed by atoms with van der Waals surface area (Å²) < 4.78 is 41.7. The zero-order valence-corrected chi connectivity index (χ0v) is 26.1. The summed E-state index contributed by atoms with van der Waals surface area (Å²) in [6.07, 6.45) is 3.70. The molecule has 2 amide bonds. The van der Waals surface area contributed by atoms with Crippen LogP contribution in [0.15, 0.2) is 66.4 Å². The van der Waals surface area contributed by atoms with E-state index in [9.17, 15) is 27.6 Å². The molecule has 0 spiro atoms. The van der Waals surface area contributed by atoms with E-state index in [0.29, 0.717) is 35.3 Å². The summed E-state index contributed by atoms with van der Waals surface area (Å²) >= 11 is 0. The summed E-state index contributed by atoms with van der Waals surface area (Å²) in [6, 6.07) is 14.6. The van der Waals surface area contributed by atoms with Crippen LogP contribution in [0.2, 0.25) is 0 Å². The van der Waals surface area contributed by atoms with Gasteiger partial charge in [0.15, 0.2) is 0 Å². The molecule has 244 valence electrons. The van der Waals surface area contributed by atoms with E-state index in [2.05, 4.69) is 15.6 Å². The number of hydrogen-bond donors (Lipinski definition) is 3. The van der Waals surface area contributed by atoms with Crippen molar-refractivity contribution in [2.24, 2.45) is 7.05 Å². The summed E-state index contributed by atoms with van der Waals surface area (Å²) in [6.45, 7) is 1.50. The third-order valence-corrected chi connectivity index (χ3v) is 9.48. The molecule has 2 aromatic heterocycles. The lowest BCUT2D eigenvalue weighted by molar-refractivity contribution is -0.138. The number of benzene rings is 2. The highest BCUT2D eigenvalue weighted by molar-refractivity contribution is 6.06. The summed E-state index contributed by atoms with van der Waals surface area (Å²) in [5, 5.41) is 15.9. The van der Waals surface area contributed by atoms with Gasteiger partial charge in [0.05, 0.1) is 17.0 Å². The predicted octanol–water partition coefficient (Wildman–Crippen LogP) is 7.70. The number of amides is 2. The van der Waals surface area contributed by atoms with Crippen molar-refractivity contribution in [1.29, 1.82) is 0 Å². The zero-order chi connectivity index (χ0) is 33.5. The minimum absolute atomic E-state index is 0.189. The van der Waals surface area contributed by atoms with Gasteiger partial charge in [0.25, 0.3) is 5.91 Å². The second-order valence-corrected chi connectivity index (χ2v) is 12.6. The van der Waals surface area contributed by atoms with Crippen molar-refractivity contribution in [3.63, 3.8) is 0 Å². The summed E-state index contributed by atoms with van der Waals surface area (Å²) in [5.74, 6) is -1.52. The van der Waals surface area contributed by atoms with Crippen LogP contribution in [0, 0.1) is 0 Å². The van der Waals surface area contributed by atoms with E-state index in [-0.39, 0.29) is 17.4 Å². The first-order valence-corrected chi connectivity index (χ1v) is 15.7. The van der Waals surface area contributed by atoms with Gasteiger partial charge in [0, 0.05) is 41.0 Å². The van der Waals surface area contributed by atoms with Crippen LogP contribution in [0.3, 0.4) is 0 Å². The molecule has 4 aromatic rings. The van der Waals surface area contributed by atoms with Gasteiger partial charge in [-0.15, -0.1) is 0 Å². The van der Waals surface area contributed by atoms with Gasteiger partial charge >= 0.3 is 12.1 Å². The minimum atomic E-state index is -4.49. The largest absolute Gasteiger partial charge is 0.478 e. The number of aryl methyl sites for hydroxylation is 1. The smallest absolute Gasteiger partial charge is 0.417 e. The van der Waals surface area contributed by atoms with Crippen LogP contribution in [0.1, 0.15) is 84.8 Å². The number of aliphatic carboxylic acids is 1. The molecular weight excluding hydrogens is 609 g/mol. The third-order valence-electron chi connectivity index (χ3n) is 9.48. The molecule has 47 heavy (non-hydrogen) atoms. The Kier molecular flexibility index (Phi) is 8.42. The Morgan fingerprint density at radius 1 is 1.00 bits per heavy atom. The maximum Gasteiger partial charge on any atom is 0.417 e. The highest BCUT2D eigenvalue weighted by Gasteiger charge is 2.45. The van der Waals surface area contributed by atoms with Crippen molar-refractivity contribution >= 4 is 40.4 Å². The highest BCUT2D eigenvalue weighted by Crippen LogP contribution is 2.45. The maximum absolute atomic E-state index is 13.6. The molecular formula is C36H35F3N4O4. The molecule has 8 nitrogen and oxygen atoms in total. The van der Waals surface area contributed by atoms with Crippen LogP contribution in [0.25, 0.3) is 28.4 Å². The topological polar surface area (TPSA) is 113 Å². The van der Waals surface area contributed by atoms with Crippen molar-refractivity contribution in [3.05, 3.63) is 88.6 Å². The SMILES string of the molecule is C/C(=C\c1ccc(NC(=O)C2(NC(=O)c3ccc4c(C5CCCC5)c(-c5ccc(C(F)(F)F)cn5)n(C)c4c3)CCC2)cc1)C(=O)O. The molecule has 6 rings (SSSR count). The number of carboxylic acid groups (broad SMARTS) is 1. The summed E-state index contributed by atoms with van der Waals surface area (Å²) in [4.78, 5) is 42.4. The highest BCUT2D eigenvalue weighted by atomic mass is 19.4. The average molecular weight is 645 g/mol. The fraction of sp³-hybridized carbons (Fsp3) is 0.333. The fourth-order valence-corrected chi connectivity index (χ4v) is 6.70. The number of carbonyl (C=O) groups excluding carboxylic acids is 2. The van der Waals surface area contributed by atoms with Gasteiger partial charge in [0.2, 0.25) is 5.91 Å². The van der Waals surface area contributed by atoms with Gasteiger partial charge in [-0.05, 0) is 98.5 Å². The quantitative estimate of drug-likeness (QED) is 0.170. The third kappa shape index (κ3) is 6.26. The molecule has 2 aromatic carbocycles. The van der Waals surface area contributed by atoms with Gasteiger partial charge in [-0.25, -0.2) is 4.79 Å². The van der Waals surface area contributed by atoms with Crippen LogP contribution in [-0.2, 0) is 22.8 Å². The van der Waals surface area contributed by atoms with E-state index >= 15 is 0 Å². The molecule has 2 saturated carbocycles. The molecule has 2 aliphatic carbocycles. The molecule has 0 unspecified atom stereocenters. The second-order valence-electron chi connectivity index (χ2n) is 12.6. The van der Waals surface area contributed by atoms with Crippen molar-refractivity contribution in [2.75, 3.05) is 5.32 Å².